The van der Waals surface area contributed by atoms with E-state index in [0.717, 1.165) is 30.4 Å². The summed E-state index contributed by atoms with van der Waals surface area (Å²) in [6.07, 6.45) is 2.54. The van der Waals surface area contributed by atoms with Gasteiger partial charge >= 0.3 is 5.97 Å². The molecule has 1 aliphatic heterocycles. The van der Waals surface area contributed by atoms with Crippen molar-refractivity contribution in [1.82, 2.24) is 4.90 Å². The second kappa shape index (κ2) is 9.05. The zero-order valence-corrected chi connectivity index (χ0v) is 17.0. The number of hydrogen-bond acceptors (Lipinski definition) is 3. The molecular weight excluding hydrogens is 350 g/mol. The molecule has 0 spiro atoms. The van der Waals surface area contributed by atoms with E-state index in [2.05, 4.69) is 13.8 Å². The first-order valence-corrected chi connectivity index (χ1v) is 10.2. The third-order valence-corrected chi connectivity index (χ3v) is 5.61. The number of rotatable bonds is 5. The van der Waals surface area contributed by atoms with E-state index in [0.29, 0.717) is 30.3 Å². The molecule has 0 radical (unpaired) electrons. The van der Waals surface area contributed by atoms with Crippen molar-refractivity contribution in [3.63, 3.8) is 0 Å². The fourth-order valence-electron chi connectivity index (χ4n) is 3.62. The van der Waals surface area contributed by atoms with Crippen LogP contribution < -0.4 is 4.74 Å². The number of aryl methyl sites for hydroxylation is 1. The Bertz CT molecular complexity index is 828. The van der Waals surface area contributed by atoms with Crippen LogP contribution in [0.15, 0.2) is 48.5 Å². The molecular formula is C24H29NO3. The lowest BCUT2D eigenvalue weighted by Crippen LogP contribution is -2.43. The molecule has 0 N–H and O–H groups in total. The van der Waals surface area contributed by atoms with Crippen molar-refractivity contribution < 1.29 is 14.3 Å². The number of para-hydroxylation sites is 1. The van der Waals surface area contributed by atoms with Crippen molar-refractivity contribution in [3.8, 4) is 5.75 Å². The predicted molar refractivity (Wildman–Crippen MR) is 111 cm³/mol. The van der Waals surface area contributed by atoms with E-state index in [1.807, 2.05) is 55.5 Å². The predicted octanol–water partition coefficient (Wildman–Crippen LogP) is 4.97. The van der Waals surface area contributed by atoms with E-state index < -0.39 is 0 Å². The van der Waals surface area contributed by atoms with Gasteiger partial charge < -0.3 is 9.64 Å². The van der Waals surface area contributed by atoms with Gasteiger partial charge in [-0.1, -0.05) is 49.7 Å². The van der Waals surface area contributed by atoms with Gasteiger partial charge in [0, 0.05) is 18.7 Å². The van der Waals surface area contributed by atoms with Crippen LogP contribution >= 0.6 is 0 Å². The van der Waals surface area contributed by atoms with E-state index in [1.54, 1.807) is 4.90 Å². The Balaban J connectivity index is 1.68. The highest BCUT2D eigenvalue weighted by Gasteiger charge is 2.30. The maximum atomic E-state index is 12.8. The molecule has 148 valence electrons. The fraction of sp³-hybridized carbons (Fsp3) is 0.417. The third-order valence-electron chi connectivity index (χ3n) is 5.61. The van der Waals surface area contributed by atoms with Crippen LogP contribution in [0.25, 0.3) is 0 Å². The van der Waals surface area contributed by atoms with Gasteiger partial charge in [0.1, 0.15) is 5.75 Å². The molecule has 1 heterocycles. The molecule has 2 atom stereocenters. The van der Waals surface area contributed by atoms with Gasteiger partial charge in [-0.2, -0.15) is 0 Å². The van der Waals surface area contributed by atoms with Crippen molar-refractivity contribution in [1.29, 1.82) is 0 Å². The minimum Gasteiger partial charge on any atom is -0.426 e. The Morgan fingerprint density at radius 1 is 1.14 bits per heavy atom. The van der Waals surface area contributed by atoms with Crippen LogP contribution in [-0.2, 0) is 4.79 Å². The summed E-state index contributed by atoms with van der Waals surface area (Å²) in [4.78, 5) is 27.4. The molecule has 0 bridgehead atoms. The Kier molecular flexibility index (Phi) is 6.50. The molecule has 0 aromatic heterocycles. The van der Waals surface area contributed by atoms with Gasteiger partial charge in [-0.15, -0.1) is 0 Å². The largest absolute Gasteiger partial charge is 0.426 e. The summed E-state index contributed by atoms with van der Waals surface area (Å²) >= 11 is 0. The molecule has 0 saturated carbocycles. The van der Waals surface area contributed by atoms with Crippen LogP contribution in [-0.4, -0.2) is 29.9 Å². The number of likely N-dealkylation sites (tertiary alicyclic amines) is 1. The first-order chi connectivity index (χ1) is 13.5. The van der Waals surface area contributed by atoms with Gasteiger partial charge in [-0.3, -0.25) is 9.59 Å². The highest BCUT2D eigenvalue weighted by molar-refractivity contribution is 5.94. The standard InChI is InChI=1S/C24H29NO3/c1-4-18(3)21-9-5-6-10-22(21)28-24(27)20-8-7-15-25(16-20)23(26)19-13-11-17(2)12-14-19/h5-6,9-14,18,20H,4,7-8,15-16H2,1-3H3. The van der Waals surface area contributed by atoms with Crippen molar-refractivity contribution >= 4 is 11.9 Å². The van der Waals surface area contributed by atoms with E-state index in [9.17, 15) is 9.59 Å². The zero-order chi connectivity index (χ0) is 20.1. The topological polar surface area (TPSA) is 46.6 Å². The molecule has 28 heavy (non-hydrogen) atoms. The van der Waals surface area contributed by atoms with Gasteiger partial charge in [-0.05, 0) is 55.9 Å². The van der Waals surface area contributed by atoms with Crippen molar-refractivity contribution in [2.24, 2.45) is 5.92 Å². The summed E-state index contributed by atoms with van der Waals surface area (Å²) in [6.45, 7) is 7.35. The summed E-state index contributed by atoms with van der Waals surface area (Å²) in [7, 11) is 0. The number of piperidine rings is 1. The smallest absolute Gasteiger partial charge is 0.316 e. The van der Waals surface area contributed by atoms with Gasteiger partial charge in [0.2, 0.25) is 0 Å². The number of hydrogen-bond donors (Lipinski definition) is 0. The van der Waals surface area contributed by atoms with Crippen LogP contribution in [0.1, 0.15) is 60.5 Å². The quantitative estimate of drug-likeness (QED) is 0.544. The highest BCUT2D eigenvalue weighted by Crippen LogP contribution is 2.30. The molecule has 2 aromatic carbocycles. The van der Waals surface area contributed by atoms with Gasteiger partial charge in [0.15, 0.2) is 0 Å². The molecule has 1 aliphatic rings. The van der Waals surface area contributed by atoms with Gasteiger partial charge in [-0.25, -0.2) is 0 Å². The zero-order valence-electron chi connectivity index (χ0n) is 17.0. The second-order valence-electron chi connectivity index (χ2n) is 7.72. The lowest BCUT2D eigenvalue weighted by Gasteiger charge is -2.31. The SMILES string of the molecule is CCC(C)c1ccccc1OC(=O)C1CCCN(C(=O)c2ccc(C)cc2)C1. The Morgan fingerprint density at radius 2 is 1.86 bits per heavy atom. The van der Waals surface area contributed by atoms with E-state index >= 15 is 0 Å². The number of ether oxygens (including phenoxy) is 1. The fourth-order valence-corrected chi connectivity index (χ4v) is 3.62. The van der Waals surface area contributed by atoms with Gasteiger partial charge in [0.05, 0.1) is 5.92 Å². The minimum atomic E-state index is -0.284. The van der Waals surface area contributed by atoms with E-state index in [1.165, 1.54) is 0 Å². The first kappa shape index (κ1) is 20.1. The highest BCUT2D eigenvalue weighted by atomic mass is 16.5. The molecule has 0 aliphatic carbocycles. The number of nitrogens with zero attached hydrogens (tertiary/aromatic N) is 1. The van der Waals surface area contributed by atoms with Crippen molar-refractivity contribution in [2.45, 2.75) is 46.0 Å². The Morgan fingerprint density at radius 3 is 2.57 bits per heavy atom. The number of carbonyl (C=O) groups is 2. The molecule has 4 heteroatoms. The molecule has 2 aromatic rings. The molecule has 1 fully saturated rings. The average molecular weight is 380 g/mol. The summed E-state index contributed by atoms with van der Waals surface area (Å²) in [5, 5.41) is 0. The summed E-state index contributed by atoms with van der Waals surface area (Å²) in [6, 6.07) is 15.3. The van der Waals surface area contributed by atoms with Crippen LogP contribution in [0.3, 0.4) is 0 Å². The first-order valence-electron chi connectivity index (χ1n) is 10.2. The summed E-state index contributed by atoms with van der Waals surface area (Å²) in [5.74, 6) is 0.432. The van der Waals surface area contributed by atoms with E-state index in [4.69, 9.17) is 4.74 Å². The Hall–Kier alpha value is -2.62. The third kappa shape index (κ3) is 4.61. The number of amides is 1. The van der Waals surface area contributed by atoms with Crippen LogP contribution in [0, 0.1) is 12.8 Å². The van der Waals surface area contributed by atoms with Gasteiger partial charge in [0.25, 0.3) is 5.91 Å². The lowest BCUT2D eigenvalue weighted by molar-refractivity contribution is -0.140. The number of carbonyl (C=O) groups excluding carboxylic acids is 2. The Labute approximate surface area is 167 Å². The maximum absolute atomic E-state index is 12.8. The van der Waals surface area contributed by atoms with Crippen molar-refractivity contribution in [3.05, 3.63) is 65.2 Å². The number of esters is 1. The molecule has 3 rings (SSSR count). The maximum Gasteiger partial charge on any atom is 0.316 e. The summed E-state index contributed by atoms with van der Waals surface area (Å²) in [5.41, 5.74) is 2.85. The normalized spacial score (nSPS) is 17.8. The molecule has 4 nitrogen and oxygen atoms in total. The monoisotopic (exact) mass is 379 g/mol. The lowest BCUT2D eigenvalue weighted by atomic mass is 9.96. The summed E-state index contributed by atoms with van der Waals surface area (Å²) < 4.78 is 5.78. The van der Waals surface area contributed by atoms with E-state index in [-0.39, 0.29) is 17.8 Å². The number of benzene rings is 2. The minimum absolute atomic E-state index is 0.0162. The van der Waals surface area contributed by atoms with Crippen molar-refractivity contribution in [2.75, 3.05) is 13.1 Å². The van der Waals surface area contributed by atoms with Crippen LogP contribution in [0.2, 0.25) is 0 Å². The van der Waals surface area contributed by atoms with Crippen LogP contribution in [0.4, 0.5) is 0 Å². The van der Waals surface area contributed by atoms with Crippen LogP contribution in [0.5, 0.6) is 5.75 Å². The molecule has 1 saturated heterocycles. The second-order valence-corrected chi connectivity index (χ2v) is 7.72. The molecule has 2 unspecified atom stereocenters. The molecule has 1 amide bonds. The average Bonchev–Trinajstić information content (AvgIpc) is 2.73.